The van der Waals surface area contributed by atoms with Gasteiger partial charge < -0.3 is 20.3 Å². The summed E-state index contributed by atoms with van der Waals surface area (Å²) in [5.74, 6) is -0.0452. The van der Waals surface area contributed by atoms with Crippen molar-refractivity contribution >= 4 is 23.6 Å². The molecule has 0 saturated carbocycles. The molecule has 3 rings (SSSR count). The molecule has 2 aromatic rings. The predicted octanol–water partition coefficient (Wildman–Crippen LogP) is 4.43. The van der Waals surface area contributed by atoms with Crippen LogP contribution in [-0.2, 0) is 16.1 Å². The van der Waals surface area contributed by atoms with Gasteiger partial charge in [0.15, 0.2) is 0 Å². The lowest BCUT2D eigenvalue weighted by molar-refractivity contribution is -0.132. The molecule has 0 spiro atoms. The lowest BCUT2D eigenvalue weighted by atomic mass is 10.1. The second-order valence-electron chi connectivity index (χ2n) is 8.20. The minimum atomic E-state index is -0.550. The Kier molecular flexibility index (Phi) is 12.2. The van der Waals surface area contributed by atoms with Gasteiger partial charge in [0.05, 0.1) is 18.8 Å². The maximum Gasteiger partial charge on any atom is 0.253 e. The molecular formula is C27H39N3O3S. The van der Waals surface area contributed by atoms with Crippen molar-refractivity contribution in [1.29, 1.82) is 0 Å². The Hall–Kier alpha value is -2.35. The molecular weight excluding hydrogens is 446 g/mol. The van der Waals surface area contributed by atoms with E-state index < -0.39 is 6.04 Å². The van der Waals surface area contributed by atoms with Gasteiger partial charge in [0, 0.05) is 37.1 Å². The first kappa shape index (κ1) is 27.9. The number of likely N-dealkylation sites (tertiary alicyclic amines) is 1. The zero-order valence-electron chi connectivity index (χ0n) is 20.9. The zero-order chi connectivity index (χ0) is 24.9. The minimum Gasteiger partial charge on any atom is -0.372 e. The van der Waals surface area contributed by atoms with Crippen LogP contribution in [0.1, 0.15) is 49.0 Å². The number of thioether (sulfide) groups is 1. The summed E-state index contributed by atoms with van der Waals surface area (Å²) >= 11 is 1.61. The molecule has 1 aliphatic rings. The largest absolute Gasteiger partial charge is 0.372 e. The van der Waals surface area contributed by atoms with Crippen molar-refractivity contribution in [3.8, 4) is 0 Å². The summed E-state index contributed by atoms with van der Waals surface area (Å²) in [7, 11) is 1.79. The first-order valence-corrected chi connectivity index (χ1v) is 13.3. The summed E-state index contributed by atoms with van der Waals surface area (Å²) in [4.78, 5) is 29.9. The van der Waals surface area contributed by atoms with Crippen molar-refractivity contribution in [3.63, 3.8) is 0 Å². The number of hydrogen-bond donors (Lipinski definition) is 1. The van der Waals surface area contributed by atoms with Gasteiger partial charge in [-0.15, -0.1) is 11.8 Å². The predicted molar refractivity (Wildman–Crippen MR) is 140 cm³/mol. The van der Waals surface area contributed by atoms with Crippen molar-refractivity contribution in [1.82, 2.24) is 9.80 Å². The van der Waals surface area contributed by atoms with E-state index in [1.165, 1.54) is 0 Å². The number of carbonyl (C=O) groups is 2. The number of nitrogens with two attached hydrogens (primary N) is 1. The number of rotatable bonds is 10. The number of ether oxygens (including phenoxy) is 1. The van der Waals surface area contributed by atoms with E-state index >= 15 is 0 Å². The molecule has 2 amide bonds. The number of benzene rings is 2. The monoisotopic (exact) mass is 485 g/mol. The average molecular weight is 486 g/mol. The van der Waals surface area contributed by atoms with E-state index in [-0.39, 0.29) is 17.9 Å². The fraction of sp³-hybridized carbons (Fsp3) is 0.481. The van der Waals surface area contributed by atoms with Gasteiger partial charge in [-0.2, -0.15) is 0 Å². The third-order valence-electron chi connectivity index (χ3n) is 5.77. The van der Waals surface area contributed by atoms with Crippen molar-refractivity contribution in [2.24, 2.45) is 5.73 Å². The van der Waals surface area contributed by atoms with Gasteiger partial charge in [-0.1, -0.05) is 50.2 Å². The third kappa shape index (κ3) is 8.46. The van der Waals surface area contributed by atoms with E-state index in [4.69, 9.17) is 10.5 Å². The zero-order valence-corrected chi connectivity index (χ0v) is 21.7. The van der Waals surface area contributed by atoms with Crippen molar-refractivity contribution in [2.45, 2.75) is 56.8 Å². The van der Waals surface area contributed by atoms with Crippen molar-refractivity contribution in [3.05, 3.63) is 65.7 Å². The highest BCUT2D eigenvalue weighted by atomic mass is 32.2. The van der Waals surface area contributed by atoms with Crippen LogP contribution in [0, 0.1) is 0 Å². The van der Waals surface area contributed by atoms with Crippen LogP contribution in [0.3, 0.4) is 0 Å². The van der Waals surface area contributed by atoms with Crippen LogP contribution >= 0.6 is 11.8 Å². The molecule has 7 heteroatoms. The van der Waals surface area contributed by atoms with Crippen LogP contribution in [0.5, 0.6) is 0 Å². The number of carbonyl (C=O) groups excluding carboxylic acids is 2. The molecule has 186 valence electrons. The van der Waals surface area contributed by atoms with Crippen LogP contribution < -0.4 is 5.73 Å². The van der Waals surface area contributed by atoms with Crippen LogP contribution in [0.2, 0.25) is 0 Å². The summed E-state index contributed by atoms with van der Waals surface area (Å²) in [6, 6.07) is 17.1. The average Bonchev–Trinajstić information content (AvgIpc) is 3.37. The molecule has 2 aromatic carbocycles. The molecule has 0 aromatic heterocycles. The summed E-state index contributed by atoms with van der Waals surface area (Å²) in [6.45, 7) is 6.38. The summed E-state index contributed by atoms with van der Waals surface area (Å²) in [6.07, 6.45) is 4.10. The van der Waals surface area contributed by atoms with E-state index in [0.29, 0.717) is 44.6 Å². The molecule has 0 radical (unpaired) electrons. The lowest BCUT2D eigenvalue weighted by Gasteiger charge is -2.22. The molecule has 2 N–H and O–H groups in total. The molecule has 34 heavy (non-hydrogen) atoms. The van der Waals surface area contributed by atoms with Gasteiger partial charge in [-0.05, 0) is 49.3 Å². The first-order chi connectivity index (χ1) is 16.5. The standard InChI is InChI=1S/C25H33N3O3S.C2H6/c1-27(24(29)20-10-6-11-22(16-20)32-2)14-7-12-23(26)25(30)28-15-13-21(17-28)31-18-19-8-4-3-5-9-19;1-2/h3-6,8-11,16,21,23H,7,12-15,17-18,26H2,1-2H3;1-2H3/t21-,23?;/m0./s1. The number of amides is 2. The molecule has 1 fully saturated rings. The smallest absolute Gasteiger partial charge is 0.253 e. The third-order valence-corrected chi connectivity index (χ3v) is 6.50. The number of hydrogen-bond acceptors (Lipinski definition) is 5. The van der Waals surface area contributed by atoms with Crippen LogP contribution in [0.15, 0.2) is 59.5 Å². The molecule has 1 aliphatic heterocycles. The van der Waals surface area contributed by atoms with E-state index in [1.807, 2.05) is 79.6 Å². The molecule has 1 saturated heterocycles. The Morgan fingerprint density at radius 1 is 1.18 bits per heavy atom. The quantitative estimate of drug-likeness (QED) is 0.504. The van der Waals surface area contributed by atoms with Gasteiger partial charge in [0.25, 0.3) is 5.91 Å². The molecule has 6 nitrogen and oxygen atoms in total. The summed E-state index contributed by atoms with van der Waals surface area (Å²) in [5.41, 5.74) is 7.99. The SMILES string of the molecule is CC.CSc1cccc(C(=O)N(C)CCCC(N)C(=O)N2CC[C@H](OCc3ccccc3)C2)c1. The highest BCUT2D eigenvalue weighted by molar-refractivity contribution is 7.98. The molecule has 0 aliphatic carbocycles. The van der Waals surface area contributed by atoms with Crippen molar-refractivity contribution in [2.75, 3.05) is 32.9 Å². The van der Waals surface area contributed by atoms with Crippen LogP contribution in [0.4, 0.5) is 0 Å². The Labute approximate surface area is 208 Å². The van der Waals surface area contributed by atoms with Crippen LogP contribution in [-0.4, -0.2) is 66.7 Å². The van der Waals surface area contributed by atoms with Gasteiger partial charge >= 0.3 is 0 Å². The van der Waals surface area contributed by atoms with Gasteiger partial charge in [-0.3, -0.25) is 9.59 Å². The molecule has 0 bridgehead atoms. The number of nitrogens with zero attached hydrogens (tertiary/aromatic N) is 2. The molecule has 1 unspecified atom stereocenters. The fourth-order valence-corrected chi connectivity index (χ4v) is 4.30. The Balaban J connectivity index is 0.00000199. The Morgan fingerprint density at radius 2 is 1.91 bits per heavy atom. The van der Waals surface area contributed by atoms with Crippen LogP contribution in [0.25, 0.3) is 0 Å². The maximum absolute atomic E-state index is 12.7. The first-order valence-electron chi connectivity index (χ1n) is 12.1. The van der Waals surface area contributed by atoms with E-state index in [9.17, 15) is 9.59 Å². The topological polar surface area (TPSA) is 75.9 Å². The lowest BCUT2D eigenvalue weighted by Crippen LogP contribution is -2.43. The molecule has 2 atom stereocenters. The summed E-state index contributed by atoms with van der Waals surface area (Å²) < 4.78 is 5.97. The Morgan fingerprint density at radius 3 is 2.62 bits per heavy atom. The second-order valence-corrected chi connectivity index (χ2v) is 9.08. The van der Waals surface area contributed by atoms with Crippen molar-refractivity contribution < 1.29 is 14.3 Å². The minimum absolute atomic E-state index is 0.0150. The molecule has 1 heterocycles. The van der Waals surface area contributed by atoms with Gasteiger partial charge in [-0.25, -0.2) is 0 Å². The van der Waals surface area contributed by atoms with Gasteiger partial charge in [0.2, 0.25) is 5.91 Å². The van der Waals surface area contributed by atoms with E-state index in [2.05, 4.69) is 0 Å². The normalized spacial score (nSPS) is 15.9. The maximum atomic E-state index is 12.7. The Bertz CT molecular complexity index is 894. The highest BCUT2D eigenvalue weighted by Crippen LogP contribution is 2.18. The van der Waals surface area contributed by atoms with Gasteiger partial charge in [0.1, 0.15) is 0 Å². The summed E-state index contributed by atoms with van der Waals surface area (Å²) in [5, 5.41) is 0. The van der Waals surface area contributed by atoms with E-state index in [0.717, 1.165) is 16.9 Å². The second kappa shape index (κ2) is 14.8. The highest BCUT2D eigenvalue weighted by Gasteiger charge is 2.29. The van der Waals surface area contributed by atoms with E-state index in [1.54, 1.807) is 23.7 Å². The fourth-order valence-electron chi connectivity index (χ4n) is 3.84.